The predicted molar refractivity (Wildman–Crippen MR) is 187 cm³/mol. The number of carbonyl (C=O) groups excluding carboxylic acids is 2. The number of aryl methyl sites for hydroxylation is 8. The molecule has 4 aromatic rings. The zero-order chi connectivity index (χ0) is 34.3. The number of rotatable bonds is 5. The Hall–Kier alpha value is -4.26. The summed E-state index contributed by atoms with van der Waals surface area (Å²) in [6.07, 6.45) is 0. The maximum Gasteiger partial charge on any atom is 0.335 e. The second-order valence-electron chi connectivity index (χ2n) is 11.0. The molecule has 0 aromatic heterocycles. The van der Waals surface area contributed by atoms with Crippen molar-refractivity contribution >= 4 is 28.7 Å². The van der Waals surface area contributed by atoms with Crippen molar-refractivity contribution in [1.29, 1.82) is 0 Å². The SMILES string of the molecule is CNC(=O)c1ccc(C)c(C)c1.CNCc1ccc(C)c(C)c1.Cc1ccc(C(=O)Cl)cc1C.Cc1ccc(C(=O)O)cc1C. The predicted octanol–water partition coefficient (Wildman–Crippen LogP) is 8.37. The van der Waals surface area contributed by atoms with Crippen molar-refractivity contribution in [3.63, 3.8) is 0 Å². The molecule has 4 rings (SSSR count). The maximum atomic E-state index is 11.2. The Morgan fingerprint density at radius 2 is 0.933 bits per heavy atom. The molecule has 0 spiro atoms. The highest BCUT2D eigenvalue weighted by Crippen LogP contribution is 2.12. The number of benzene rings is 4. The number of aromatic carboxylic acids is 1. The van der Waals surface area contributed by atoms with Gasteiger partial charge in [-0.3, -0.25) is 9.59 Å². The summed E-state index contributed by atoms with van der Waals surface area (Å²) in [5, 5.41) is 13.9. The summed E-state index contributed by atoms with van der Waals surface area (Å²) in [7, 11) is 3.60. The highest BCUT2D eigenvalue weighted by atomic mass is 35.5. The molecule has 7 heteroatoms. The van der Waals surface area contributed by atoms with Crippen molar-refractivity contribution in [2.45, 2.75) is 61.9 Å². The van der Waals surface area contributed by atoms with E-state index in [1.54, 1.807) is 31.3 Å². The minimum Gasteiger partial charge on any atom is -0.478 e. The minimum absolute atomic E-state index is 0.0295. The molecule has 6 nitrogen and oxygen atoms in total. The molecule has 0 fully saturated rings. The molecule has 0 saturated heterocycles. The van der Waals surface area contributed by atoms with Gasteiger partial charge in [0.1, 0.15) is 0 Å². The molecule has 240 valence electrons. The average Bonchev–Trinajstić information content (AvgIpc) is 2.99. The van der Waals surface area contributed by atoms with E-state index in [9.17, 15) is 14.4 Å². The number of nitrogens with one attached hydrogen (secondary N) is 2. The van der Waals surface area contributed by atoms with E-state index in [4.69, 9.17) is 16.7 Å². The van der Waals surface area contributed by atoms with E-state index in [1.807, 2.05) is 78.9 Å². The van der Waals surface area contributed by atoms with Crippen molar-refractivity contribution < 1.29 is 19.5 Å². The Balaban J connectivity index is 0.000000300. The summed E-state index contributed by atoms with van der Waals surface area (Å²) in [5.74, 6) is -0.897. The Morgan fingerprint density at radius 1 is 0.556 bits per heavy atom. The number of carboxylic acids is 1. The molecular formula is C38H47ClN2O4. The van der Waals surface area contributed by atoms with Crippen molar-refractivity contribution in [2.24, 2.45) is 0 Å². The number of carboxylic acid groups (broad SMARTS) is 1. The standard InChI is InChI=1S/C10H13NO.C10H15N.C9H9ClO.C9H10O2/c1-7-4-5-9(6-8(7)2)10(12)11-3;1-8-4-5-10(7-11-3)6-9(8)2;2*1-6-3-4-8(9(10)11)5-7(6)2/h4-6H,1-3H3,(H,11,12);4-6,11H,7H2,1-3H3;3-5H,1-2H3;3-5H,1-2H3,(H,10,11). The number of amides is 1. The molecule has 1 amide bonds. The zero-order valence-electron chi connectivity index (χ0n) is 28.2. The van der Waals surface area contributed by atoms with Crippen molar-refractivity contribution in [1.82, 2.24) is 10.6 Å². The van der Waals surface area contributed by atoms with Crippen LogP contribution in [0.5, 0.6) is 0 Å². The van der Waals surface area contributed by atoms with E-state index in [2.05, 4.69) is 42.7 Å². The molecule has 0 aliphatic carbocycles. The van der Waals surface area contributed by atoms with Gasteiger partial charge in [-0.05, 0) is 161 Å². The molecule has 0 heterocycles. The number of carbonyl (C=O) groups is 3. The molecule has 0 unspecified atom stereocenters. The van der Waals surface area contributed by atoms with Crippen LogP contribution in [0.25, 0.3) is 0 Å². The van der Waals surface area contributed by atoms with Gasteiger partial charge < -0.3 is 15.7 Å². The van der Waals surface area contributed by atoms with Crippen LogP contribution in [0.3, 0.4) is 0 Å². The Morgan fingerprint density at radius 3 is 1.31 bits per heavy atom. The van der Waals surface area contributed by atoms with Gasteiger partial charge in [0.2, 0.25) is 0 Å². The highest BCUT2D eigenvalue weighted by Gasteiger charge is 2.04. The molecule has 0 aliphatic heterocycles. The monoisotopic (exact) mass is 630 g/mol. The second-order valence-corrected chi connectivity index (χ2v) is 11.3. The lowest BCUT2D eigenvalue weighted by Gasteiger charge is -2.03. The third-order valence-electron chi connectivity index (χ3n) is 7.44. The van der Waals surface area contributed by atoms with Crippen LogP contribution in [-0.2, 0) is 6.54 Å². The van der Waals surface area contributed by atoms with Crippen LogP contribution in [0, 0.1) is 55.4 Å². The quantitative estimate of drug-likeness (QED) is 0.193. The smallest absolute Gasteiger partial charge is 0.335 e. The number of halogens is 1. The van der Waals surface area contributed by atoms with Gasteiger partial charge in [-0.1, -0.05) is 36.4 Å². The van der Waals surface area contributed by atoms with Crippen LogP contribution < -0.4 is 10.6 Å². The Labute approximate surface area is 273 Å². The lowest BCUT2D eigenvalue weighted by atomic mass is 10.1. The summed E-state index contributed by atoms with van der Waals surface area (Å²) < 4.78 is 0. The molecule has 3 N–H and O–H groups in total. The summed E-state index contributed by atoms with van der Waals surface area (Å²) in [4.78, 5) is 32.3. The minimum atomic E-state index is -0.867. The van der Waals surface area contributed by atoms with Crippen molar-refractivity contribution in [3.8, 4) is 0 Å². The third-order valence-corrected chi connectivity index (χ3v) is 7.65. The first kappa shape index (κ1) is 38.8. The lowest BCUT2D eigenvalue weighted by molar-refractivity contribution is 0.0696. The molecule has 0 aliphatic rings. The lowest BCUT2D eigenvalue weighted by Crippen LogP contribution is -2.17. The molecule has 0 radical (unpaired) electrons. The first-order chi connectivity index (χ1) is 21.1. The first-order valence-electron chi connectivity index (χ1n) is 14.7. The fraction of sp³-hybridized carbons (Fsp3) is 0.289. The van der Waals surface area contributed by atoms with Crippen LogP contribution in [0.1, 0.15) is 81.1 Å². The van der Waals surface area contributed by atoms with Gasteiger partial charge in [-0.15, -0.1) is 0 Å². The first-order valence-corrected chi connectivity index (χ1v) is 15.1. The second kappa shape index (κ2) is 19.2. The van der Waals surface area contributed by atoms with Gasteiger partial charge in [-0.25, -0.2) is 4.79 Å². The molecule has 0 bridgehead atoms. The maximum absolute atomic E-state index is 11.2. The Bertz CT molecular complexity index is 1550. The fourth-order valence-corrected chi connectivity index (χ4v) is 4.00. The number of hydrogen-bond acceptors (Lipinski definition) is 4. The summed E-state index contributed by atoms with van der Waals surface area (Å²) in [6.45, 7) is 17.1. The molecule has 0 saturated carbocycles. The normalized spacial score (nSPS) is 9.76. The van der Waals surface area contributed by atoms with E-state index in [-0.39, 0.29) is 5.91 Å². The average molecular weight is 631 g/mol. The van der Waals surface area contributed by atoms with E-state index < -0.39 is 11.2 Å². The zero-order valence-corrected chi connectivity index (χ0v) is 28.9. The van der Waals surface area contributed by atoms with Crippen LogP contribution in [0.15, 0.2) is 72.8 Å². The van der Waals surface area contributed by atoms with Crippen LogP contribution >= 0.6 is 11.6 Å². The van der Waals surface area contributed by atoms with E-state index in [0.717, 1.165) is 34.4 Å². The van der Waals surface area contributed by atoms with Gasteiger partial charge in [0.25, 0.3) is 11.1 Å². The van der Waals surface area contributed by atoms with Crippen LogP contribution in [0.4, 0.5) is 0 Å². The van der Waals surface area contributed by atoms with Gasteiger partial charge in [0.15, 0.2) is 0 Å². The van der Waals surface area contributed by atoms with E-state index in [0.29, 0.717) is 11.1 Å². The highest BCUT2D eigenvalue weighted by molar-refractivity contribution is 6.67. The van der Waals surface area contributed by atoms with Crippen LogP contribution in [-0.4, -0.2) is 36.3 Å². The van der Waals surface area contributed by atoms with Crippen molar-refractivity contribution in [2.75, 3.05) is 14.1 Å². The largest absolute Gasteiger partial charge is 0.478 e. The van der Waals surface area contributed by atoms with E-state index in [1.165, 1.54) is 27.8 Å². The molecule has 45 heavy (non-hydrogen) atoms. The molecule has 0 atom stereocenters. The Kier molecular flexibility index (Phi) is 16.5. The van der Waals surface area contributed by atoms with Gasteiger partial charge >= 0.3 is 5.97 Å². The van der Waals surface area contributed by atoms with Crippen LogP contribution in [0.2, 0.25) is 0 Å². The topological polar surface area (TPSA) is 95.5 Å². The molecular weight excluding hydrogens is 584 g/mol. The number of hydrogen-bond donors (Lipinski definition) is 3. The van der Waals surface area contributed by atoms with E-state index >= 15 is 0 Å². The third kappa shape index (κ3) is 13.5. The summed E-state index contributed by atoms with van der Waals surface area (Å²) >= 11 is 5.29. The van der Waals surface area contributed by atoms with Gasteiger partial charge in [0, 0.05) is 24.7 Å². The van der Waals surface area contributed by atoms with Gasteiger partial charge in [0.05, 0.1) is 5.56 Å². The van der Waals surface area contributed by atoms with Crippen molar-refractivity contribution in [3.05, 3.63) is 140 Å². The van der Waals surface area contributed by atoms with Gasteiger partial charge in [-0.2, -0.15) is 0 Å². The summed E-state index contributed by atoms with van der Waals surface area (Å²) in [5.41, 5.74) is 12.5. The summed E-state index contributed by atoms with van der Waals surface area (Å²) in [6, 6.07) is 22.8. The fourth-order valence-electron chi connectivity index (χ4n) is 3.88. The molecule has 4 aromatic carbocycles.